The summed E-state index contributed by atoms with van der Waals surface area (Å²) in [5, 5.41) is 21.4. The molecular formula is C32H40O3. The first kappa shape index (κ1) is 23.4. The van der Waals surface area contributed by atoms with Gasteiger partial charge in [0.05, 0.1) is 5.60 Å². The molecule has 0 radical (unpaired) electrons. The maximum absolute atomic E-state index is 12.5. The standard InChI is InChI=1S/C32H40O3/c1-20(2)21-6-8-25-22(16-21)18-31-13-10-24(34)17-23(31)7-9-26-28-11-14-32(35,12-4-5-15-33)30(28,3)19-27(25)29(26)31/h4,6,8,12,16-17,26-29,33,35H,1,5,7,9-11,13-15,18-19H2,2-3H3/b12-4-/t26-,27?,28-,29?,30-,31+,32-/m0/s1. The van der Waals surface area contributed by atoms with E-state index in [1.165, 1.54) is 22.3 Å². The Bertz CT molecular complexity index is 1140. The summed E-state index contributed by atoms with van der Waals surface area (Å²) in [5.41, 5.74) is 5.74. The number of aliphatic hydroxyl groups excluding tert-OH is 1. The van der Waals surface area contributed by atoms with Crippen molar-refractivity contribution in [2.75, 3.05) is 6.61 Å². The summed E-state index contributed by atoms with van der Waals surface area (Å²) >= 11 is 0. The molecule has 1 aromatic rings. The van der Waals surface area contributed by atoms with Crippen molar-refractivity contribution in [2.45, 2.75) is 83.2 Å². The molecule has 0 bridgehead atoms. The molecule has 7 atom stereocenters. The van der Waals surface area contributed by atoms with Crippen molar-refractivity contribution >= 4 is 11.4 Å². The second-order valence-corrected chi connectivity index (χ2v) is 12.6. The molecule has 0 amide bonds. The van der Waals surface area contributed by atoms with Crippen LogP contribution in [-0.2, 0) is 11.2 Å². The molecule has 6 rings (SSSR count). The van der Waals surface area contributed by atoms with Crippen molar-refractivity contribution in [3.05, 3.63) is 65.3 Å². The normalized spacial score (nSPS) is 41.6. The van der Waals surface area contributed by atoms with Crippen LogP contribution in [0.2, 0.25) is 0 Å². The Hall–Kier alpha value is -1.97. The number of carbonyl (C=O) groups is 1. The lowest BCUT2D eigenvalue weighted by molar-refractivity contribution is -0.128. The number of rotatable bonds is 4. The molecule has 3 heteroatoms. The Kier molecular flexibility index (Phi) is 5.37. The van der Waals surface area contributed by atoms with Crippen LogP contribution < -0.4 is 0 Å². The molecule has 0 heterocycles. The molecule has 0 aliphatic heterocycles. The second-order valence-electron chi connectivity index (χ2n) is 12.6. The highest BCUT2D eigenvalue weighted by Gasteiger charge is 2.67. The summed E-state index contributed by atoms with van der Waals surface area (Å²) in [4.78, 5) is 12.5. The van der Waals surface area contributed by atoms with Crippen LogP contribution in [0.5, 0.6) is 0 Å². The molecule has 1 aromatic carbocycles. The number of allylic oxidation sites excluding steroid dienone is 2. The van der Waals surface area contributed by atoms with Crippen LogP contribution in [0.3, 0.4) is 0 Å². The lowest BCUT2D eigenvalue weighted by atomic mass is 9.39. The van der Waals surface area contributed by atoms with Gasteiger partial charge in [-0.2, -0.15) is 0 Å². The van der Waals surface area contributed by atoms with Gasteiger partial charge in [0.25, 0.3) is 0 Å². The maximum atomic E-state index is 12.5. The number of aliphatic hydroxyl groups is 2. The Morgan fingerprint density at radius 2 is 2.06 bits per heavy atom. The van der Waals surface area contributed by atoms with Gasteiger partial charge in [0.1, 0.15) is 0 Å². The van der Waals surface area contributed by atoms with E-state index in [-0.39, 0.29) is 17.4 Å². The van der Waals surface area contributed by atoms with Crippen molar-refractivity contribution in [1.29, 1.82) is 0 Å². The number of benzene rings is 1. The summed E-state index contributed by atoms with van der Waals surface area (Å²) in [6.45, 7) is 8.75. The van der Waals surface area contributed by atoms with Crippen molar-refractivity contribution in [2.24, 2.45) is 28.6 Å². The minimum absolute atomic E-state index is 0.0942. The summed E-state index contributed by atoms with van der Waals surface area (Å²) < 4.78 is 0. The van der Waals surface area contributed by atoms with E-state index >= 15 is 0 Å². The van der Waals surface area contributed by atoms with E-state index in [0.29, 0.717) is 42.3 Å². The van der Waals surface area contributed by atoms with E-state index in [2.05, 4.69) is 38.6 Å². The lowest BCUT2D eigenvalue weighted by Gasteiger charge is -2.65. The van der Waals surface area contributed by atoms with E-state index in [4.69, 9.17) is 0 Å². The molecule has 5 aliphatic carbocycles. The van der Waals surface area contributed by atoms with Crippen molar-refractivity contribution in [1.82, 2.24) is 0 Å². The minimum Gasteiger partial charge on any atom is -0.396 e. The quantitative estimate of drug-likeness (QED) is 0.517. The Labute approximate surface area is 210 Å². The van der Waals surface area contributed by atoms with Gasteiger partial charge in [-0.05, 0) is 110 Å². The van der Waals surface area contributed by atoms with Gasteiger partial charge in [-0.3, -0.25) is 4.79 Å². The number of carbonyl (C=O) groups excluding carboxylic acids is 1. The molecule has 2 unspecified atom stereocenters. The zero-order chi connectivity index (χ0) is 24.6. The molecular weight excluding hydrogens is 432 g/mol. The monoisotopic (exact) mass is 472 g/mol. The number of hydrogen-bond acceptors (Lipinski definition) is 3. The van der Waals surface area contributed by atoms with Crippen molar-refractivity contribution < 1.29 is 15.0 Å². The predicted molar refractivity (Wildman–Crippen MR) is 140 cm³/mol. The Morgan fingerprint density at radius 1 is 1.23 bits per heavy atom. The summed E-state index contributed by atoms with van der Waals surface area (Å²) in [5.74, 6) is 2.35. The molecule has 5 aliphatic rings. The smallest absolute Gasteiger partial charge is 0.155 e. The first-order chi connectivity index (χ1) is 16.7. The summed E-state index contributed by atoms with van der Waals surface area (Å²) in [7, 11) is 0. The largest absolute Gasteiger partial charge is 0.396 e. The van der Waals surface area contributed by atoms with Gasteiger partial charge in [-0.25, -0.2) is 0 Å². The number of ketones is 1. The third-order valence-electron chi connectivity index (χ3n) is 11.1. The average Bonchev–Trinajstić information content (AvgIpc) is 3.09. The molecule has 0 aromatic heterocycles. The fourth-order valence-electron chi connectivity index (χ4n) is 9.54. The Balaban J connectivity index is 1.51. The molecule has 3 fully saturated rings. The fraction of sp³-hybridized carbons (Fsp3) is 0.594. The van der Waals surface area contributed by atoms with Gasteiger partial charge in [0, 0.05) is 18.4 Å². The van der Waals surface area contributed by atoms with Crippen LogP contribution in [0.1, 0.15) is 87.8 Å². The van der Waals surface area contributed by atoms with E-state index < -0.39 is 5.60 Å². The van der Waals surface area contributed by atoms with Crippen LogP contribution in [-0.4, -0.2) is 28.2 Å². The highest BCUT2D eigenvalue weighted by molar-refractivity contribution is 5.91. The van der Waals surface area contributed by atoms with Gasteiger partial charge in [-0.15, -0.1) is 0 Å². The van der Waals surface area contributed by atoms with Gasteiger partial charge >= 0.3 is 0 Å². The fourth-order valence-corrected chi connectivity index (χ4v) is 9.54. The molecule has 1 spiro atoms. The van der Waals surface area contributed by atoms with E-state index in [9.17, 15) is 15.0 Å². The molecule has 0 saturated heterocycles. The van der Waals surface area contributed by atoms with Gasteiger partial charge in [-0.1, -0.05) is 55.0 Å². The third-order valence-corrected chi connectivity index (χ3v) is 11.1. The average molecular weight is 473 g/mol. The summed E-state index contributed by atoms with van der Waals surface area (Å²) in [6, 6.07) is 6.98. The maximum Gasteiger partial charge on any atom is 0.155 e. The topological polar surface area (TPSA) is 57.5 Å². The molecule has 3 saturated carbocycles. The van der Waals surface area contributed by atoms with Crippen LogP contribution in [0.25, 0.3) is 5.57 Å². The van der Waals surface area contributed by atoms with Gasteiger partial charge < -0.3 is 10.2 Å². The van der Waals surface area contributed by atoms with Crippen LogP contribution in [0, 0.1) is 28.6 Å². The van der Waals surface area contributed by atoms with E-state index in [0.717, 1.165) is 50.5 Å². The number of fused-ring (bicyclic) bond motifs is 4. The minimum atomic E-state index is -0.821. The van der Waals surface area contributed by atoms with E-state index in [1.807, 2.05) is 18.2 Å². The van der Waals surface area contributed by atoms with Gasteiger partial charge in [0.15, 0.2) is 5.78 Å². The van der Waals surface area contributed by atoms with Crippen LogP contribution in [0.15, 0.2) is 48.6 Å². The molecule has 2 N–H and O–H groups in total. The van der Waals surface area contributed by atoms with Crippen molar-refractivity contribution in [3.8, 4) is 0 Å². The zero-order valence-electron chi connectivity index (χ0n) is 21.4. The molecule has 35 heavy (non-hydrogen) atoms. The molecule has 186 valence electrons. The zero-order valence-corrected chi connectivity index (χ0v) is 21.4. The SMILES string of the molecule is C=C(C)c1ccc2c(c1)C[C@]13CCC(=O)C=C1CC[C@@H]1C3C2C[C@@]2(C)[C@H]1CC[C@@]2(O)/C=C\CCO. The van der Waals surface area contributed by atoms with Crippen LogP contribution in [0.4, 0.5) is 0 Å². The van der Waals surface area contributed by atoms with E-state index in [1.54, 1.807) is 0 Å². The molecule has 3 nitrogen and oxygen atoms in total. The number of hydrogen-bond donors (Lipinski definition) is 2. The van der Waals surface area contributed by atoms with Crippen LogP contribution >= 0.6 is 0 Å². The predicted octanol–water partition coefficient (Wildman–Crippen LogP) is 6.15. The lowest BCUT2D eigenvalue weighted by Crippen LogP contribution is -2.59. The first-order valence-corrected chi connectivity index (χ1v) is 13.8. The third kappa shape index (κ3) is 3.20. The summed E-state index contributed by atoms with van der Waals surface area (Å²) in [6.07, 6.45) is 14.4. The Morgan fingerprint density at radius 3 is 2.83 bits per heavy atom. The highest BCUT2D eigenvalue weighted by atomic mass is 16.3. The second kappa shape index (κ2) is 8.02. The highest BCUT2D eigenvalue weighted by Crippen LogP contribution is 2.73. The first-order valence-electron chi connectivity index (χ1n) is 13.8. The van der Waals surface area contributed by atoms with Gasteiger partial charge in [0.2, 0.25) is 0 Å². The van der Waals surface area contributed by atoms with Crippen molar-refractivity contribution in [3.63, 3.8) is 0 Å².